The van der Waals surface area contributed by atoms with Crippen molar-refractivity contribution >= 4 is 22.8 Å². The third-order valence-electron chi connectivity index (χ3n) is 3.41. The number of hydrogen-bond acceptors (Lipinski definition) is 4. The second-order valence-electron chi connectivity index (χ2n) is 4.99. The van der Waals surface area contributed by atoms with Gasteiger partial charge in [-0.1, -0.05) is 6.07 Å². The molecule has 0 radical (unpaired) electrons. The number of carbonyl (C=O) groups excluding carboxylic acids is 1. The van der Waals surface area contributed by atoms with Gasteiger partial charge in [-0.25, -0.2) is 14.4 Å². The minimum absolute atomic E-state index is 0.113. The lowest BCUT2D eigenvalue weighted by atomic mass is 10.1. The van der Waals surface area contributed by atoms with Crippen molar-refractivity contribution in [3.05, 3.63) is 64.5 Å². The maximum atomic E-state index is 14.2. The first kappa shape index (κ1) is 14.8. The second-order valence-corrected chi connectivity index (χ2v) is 4.99. The van der Waals surface area contributed by atoms with Crippen LogP contribution in [0.5, 0.6) is 0 Å². The molecule has 1 aromatic carbocycles. The normalized spacial score (nSPS) is 10.7. The number of hydrogen-bond donors (Lipinski definition) is 1. The predicted molar refractivity (Wildman–Crippen MR) is 83.6 cm³/mol. The van der Waals surface area contributed by atoms with Crippen molar-refractivity contribution in [2.75, 3.05) is 5.32 Å². The predicted octanol–water partition coefficient (Wildman–Crippen LogP) is 1.88. The fourth-order valence-electron chi connectivity index (χ4n) is 2.39. The molecule has 3 aromatic rings. The van der Waals surface area contributed by atoms with Gasteiger partial charge in [0.1, 0.15) is 12.4 Å². The lowest BCUT2D eigenvalue weighted by Crippen LogP contribution is -2.23. The number of benzene rings is 1. The molecule has 0 bridgehead atoms. The highest BCUT2D eigenvalue weighted by atomic mass is 19.1. The first-order valence-electron chi connectivity index (χ1n) is 6.92. The molecule has 0 spiro atoms. The van der Waals surface area contributed by atoms with E-state index in [1.807, 2.05) is 0 Å². The highest BCUT2D eigenvalue weighted by molar-refractivity contribution is 5.90. The topological polar surface area (TPSA) is 76.9 Å². The first-order chi connectivity index (χ1) is 11.1. The number of nitrogens with zero attached hydrogens (tertiary/aromatic N) is 3. The summed E-state index contributed by atoms with van der Waals surface area (Å²) >= 11 is 0. The maximum absolute atomic E-state index is 14.2. The number of amides is 1. The van der Waals surface area contributed by atoms with Crippen LogP contribution in [-0.2, 0) is 11.3 Å². The van der Waals surface area contributed by atoms with Gasteiger partial charge in [0, 0.05) is 29.5 Å². The van der Waals surface area contributed by atoms with Gasteiger partial charge >= 0.3 is 0 Å². The van der Waals surface area contributed by atoms with Crippen molar-refractivity contribution in [3.8, 4) is 0 Å². The molecule has 1 N–H and O–H groups in total. The Kier molecular flexibility index (Phi) is 3.84. The molecule has 0 aliphatic rings. The van der Waals surface area contributed by atoms with E-state index >= 15 is 0 Å². The van der Waals surface area contributed by atoms with E-state index in [-0.39, 0.29) is 28.8 Å². The molecular weight excluding hydrogens is 299 g/mol. The van der Waals surface area contributed by atoms with E-state index in [2.05, 4.69) is 15.3 Å². The summed E-state index contributed by atoms with van der Waals surface area (Å²) in [5, 5.41) is 2.77. The number of aryl methyl sites for hydroxylation is 1. The zero-order valence-electron chi connectivity index (χ0n) is 12.3. The van der Waals surface area contributed by atoms with Gasteiger partial charge in [-0.05, 0) is 25.1 Å². The highest BCUT2D eigenvalue weighted by Gasteiger charge is 2.14. The number of halogens is 1. The van der Waals surface area contributed by atoms with E-state index in [0.717, 1.165) is 0 Å². The van der Waals surface area contributed by atoms with Crippen molar-refractivity contribution in [2.45, 2.75) is 13.5 Å². The zero-order chi connectivity index (χ0) is 16.4. The number of carbonyl (C=O) groups is 1. The van der Waals surface area contributed by atoms with Gasteiger partial charge in [0.05, 0.1) is 5.52 Å². The molecule has 7 heteroatoms. The number of rotatable bonds is 3. The van der Waals surface area contributed by atoms with E-state index in [1.54, 1.807) is 13.0 Å². The smallest absolute Gasteiger partial charge is 0.246 e. The van der Waals surface area contributed by atoms with Gasteiger partial charge < -0.3 is 4.57 Å². The molecule has 0 aliphatic heterocycles. The summed E-state index contributed by atoms with van der Waals surface area (Å²) in [6.45, 7) is 1.50. The minimum atomic E-state index is -0.549. The molecule has 2 aromatic heterocycles. The Balaban J connectivity index is 2.00. The molecule has 116 valence electrons. The number of para-hydroxylation sites is 1. The SMILES string of the molecule is Cc1cc(=O)c2cccc(F)c2n1CC(=O)Nc1ncccn1. The zero-order valence-corrected chi connectivity index (χ0v) is 12.3. The minimum Gasteiger partial charge on any atom is -0.333 e. The van der Waals surface area contributed by atoms with Gasteiger partial charge in [-0.15, -0.1) is 0 Å². The third kappa shape index (κ3) is 2.94. The monoisotopic (exact) mass is 312 g/mol. The van der Waals surface area contributed by atoms with Crippen LogP contribution in [0.2, 0.25) is 0 Å². The average Bonchev–Trinajstić information content (AvgIpc) is 2.52. The maximum Gasteiger partial charge on any atom is 0.246 e. The van der Waals surface area contributed by atoms with Crippen molar-refractivity contribution in [1.82, 2.24) is 14.5 Å². The Bertz CT molecular complexity index is 938. The van der Waals surface area contributed by atoms with Crippen LogP contribution in [0.3, 0.4) is 0 Å². The van der Waals surface area contributed by atoms with Gasteiger partial charge in [0.25, 0.3) is 0 Å². The van der Waals surface area contributed by atoms with Gasteiger partial charge in [0.2, 0.25) is 11.9 Å². The summed E-state index contributed by atoms with van der Waals surface area (Å²) in [6, 6.07) is 7.28. The molecule has 0 aliphatic carbocycles. The van der Waals surface area contributed by atoms with Crippen LogP contribution < -0.4 is 10.7 Å². The van der Waals surface area contributed by atoms with Gasteiger partial charge in [-0.3, -0.25) is 14.9 Å². The lowest BCUT2D eigenvalue weighted by Gasteiger charge is -2.14. The number of aromatic nitrogens is 3. The lowest BCUT2D eigenvalue weighted by molar-refractivity contribution is -0.116. The van der Waals surface area contributed by atoms with E-state index in [9.17, 15) is 14.0 Å². The van der Waals surface area contributed by atoms with Crippen LogP contribution in [0, 0.1) is 12.7 Å². The first-order valence-corrected chi connectivity index (χ1v) is 6.92. The Morgan fingerprint density at radius 2 is 2.00 bits per heavy atom. The van der Waals surface area contributed by atoms with Gasteiger partial charge in [-0.2, -0.15) is 0 Å². The van der Waals surface area contributed by atoms with Crippen LogP contribution in [-0.4, -0.2) is 20.4 Å². The molecular formula is C16H13FN4O2. The van der Waals surface area contributed by atoms with Crippen LogP contribution in [0.4, 0.5) is 10.3 Å². The van der Waals surface area contributed by atoms with Crippen LogP contribution in [0.1, 0.15) is 5.69 Å². The standard InChI is InChI=1S/C16H13FN4O2/c1-10-8-13(22)11-4-2-5-12(17)15(11)21(10)9-14(23)20-16-18-6-3-7-19-16/h2-8H,9H2,1H3,(H,18,19,20,23). The third-order valence-corrected chi connectivity index (χ3v) is 3.41. The summed E-state index contributed by atoms with van der Waals surface area (Å²) in [4.78, 5) is 31.9. The molecule has 0 fully saturated rings. The van der Waals surface area contributed by atoms with E-state index in [1.165, 1.54) is 41.2 Å². The molecule has 0 unspecified atom stereocenters. The van der Waals surface area contributed by atoms with Crippen molar-refractivity contribution < 1.29 is 9.18 Å². The van der Waals surface area contributed by atoms with Gasteiger partial charge in [0.15, 0.2) is 5.43 Å². The van der Waals surface area contributed by atoms with Crippen molar-refractivity contribution in [2.24, 2.45) is 0 Å². The molecule has 0 saturated heterocycles. The summed E-state index contributed by atoms with van der Waals surface area (Å²) in [6.07, 6.45) is 3.00. The molecule has 0 saturated carbocycles. The number of fused-ring (bicyclic) bond motifs is 1. The van der Waals surface area contributed by atoms with Crippen molar-refractivity contribution in [1.29, 1.82) is 0 Å². The molecule has 3 rings (SSSR count). The Hall–Kier alpha value is -3.09. The molecule has 0 atom stereocenters. The number of nitrogens with one attached hydrogen (secondary N) is 1. The van der Waals surface area contributed by atoms with Crippen LogP contribution in [0.25, 0.3) is 10.9 Å². The fourth-order valence-corrected chi connectivity index (χ4v) is 2.39. The fraction of sp³-hybridized carbons (Fsp3) is 0.125. The molecule has 2 heterocycles. The Labute approximate surface area is 130 Å². The molecule has 23 heavy (non-hydrogen) atoms. The average molecular weight is 312 g/mol. The Morgan fingerprint density at radius 3 is 2.74 bits per heavy atom. The summed E-state index contributed by atoms with van der Waals surface area (Å²) in [7, 11) is 0. The Morgan fingerprint density at radius 1 is 1.26 bits per heavy atom. The number of anilines is 1. The highest BCUT2D eigenvalue weighted by Crippen LogP contribution is 2.16. The van der Waals surface area contributed by atoms with E-state index in [0.29, 0.717) is 5.69 Å². The van der Waals surface area contributed by atoms with Crippen LogP contribution >= 0.6 is 0 Å². The summed E-state index contributed by atoms with van der Waals surface area (Å²) < 4.78 is 15.6. The van der Waals surface area contributed by atoms with Crippen molar-refractivity contribution in [3.63, 3.8) is 0 Å². The number of pyridine rings is 1. The summed E-state index contributed by atoms with van der Waals surface area (Å²) in [5.41, 5.74) is 0.332. The van der Waals surface area contributed by atoms with E-state index < -0.39 is 11.7 Å². The molecule has 6 nitrogen and oxygen atoms in total. The van der Waals surface area contributed by atoms with Crippen LogP contribution in [0.15, 0.2) is 47.5 Å². The largest absolute Gasteiger partial charge is 0.333 e. The van der Waals surface area contributed by atoms with E-state index in [4.69, 9.17) is 0 Å². The quantitative estimate of drug-likeness (QED) is 0.801. The summed E-state index contributed by atoms with van der Waals surface area (Å²) in [5.74, 6) is -0.791. The second kappa shape index (κ2) is 5.96. The molecule has 1 amide bonds.